The molecule has 0 spiro atoms. The summed E-state index contributed by atoms with van der Waals surface area (Å²) in [4.78, 5) is 25.8. The van der Waals surface area contributed by atoms with Gasteiger partial charge < -0.3 is 15.5 Å². The number of amides is 3. The molecule has 2 saturated carbocycles. The molecule has 1 saturated heterocycles. The number of rotatable bonds is 5. The van der Waals surface area contributed by atoms with Crippen molar-refractivity contribution in [3.63, 3.8) is 0 Å². The molecule has 3 rings (SSSR count). The van der Waals surface area contributed by atoms with Crippen LogP contribution in [0.3, 0.4) is 0 Å². The van der Waals surface area contributed by atoms with Gasteiger partial charge in [-0.1, -0.05) is 26.7 Å². The zero-order valence-corrected chi connectivity index (χ0v) is 13.9. The summed E-state index contributed by atoms with van der Waals surface area (Å²) in [7, 11) is 0. The standard InChI is InChI=1S/C17H29N3O2/c1-17(2)13-10-20(11-14(13)17)16(22)19-8-7-18-15(21)9-12-5-3-4-6-12/h12-14H,3-11H2,1-2H3,(H,18,21)(H,19,22)/t13-,14+. The average Bonchev–Trinajstić information content (AvgIpc) is 2.95. The summed E-state index contributed by atoms with van der Waals surface area (Å²) < 4.78 is 0. The predicted molar refractivity (Wildman–Crippen MR) is 85.3 cm³/mol. The molecule has 0 aromatic heterocycles. The van der Waals surface area contributed by atoms with Crippen LogP contribution >= 0.6 is 0 Å². The molecule has 2 atom stereocenters. The molecule has 2 aliphatic carbocycles. The number of urea groups is 1. The summed E-state index contributed by atoms with van der Waals surface area (Å²) in [6.07, 6.45) is 5.57. The number of likely N-dealkylation sites (tertiary alicyclic amines) is 1. The number of fused-ring (bicyclic) bond motifs is 1. The molecule has 3 aliphatic rings. The maximum absolute atomic E-state index is 12.0. The third-order valence-corrected chi connectivity index (χ3v) is 6.08. The molecule has 0 aromatic carbocycles. The Hall–Kier alpha value is -1.26. The Morgan fingerprint density at radius 1 is 1.05 bits per heavy atom. The van der Waals surface area contributed by atoms with E-state index in [2.05, 4.69) is 24.5 Å². The fraction of sp³-hybridized carbons (Fsp3) is 0.882. The van der Waals surface area contributed by atoms with Crippen molar-refractivity contribution in [2.24, 2.45) is 23.2 Å². The van der Waals surface area contributed by atoms with Crippen LogP contribution in [0.5, 0.6) is 0 Å². The topological polar surface area (TPSA) is 61.4 Å². The number of hydrogen-bond acceptors (Lipinski definition) is 2. The van der Waals surface area contributed by atoms with E-state index in [4.69, 9.17) is 0 Å². The quantitative estimate of drug-likeness (QED) is 0.763. The molecule has 22 heavy (non-hydrogen) atoms. The predicted octanol–water partition coefficient (Wildman–Crippen LogP) is 1.98. The Balaban J connectivity index is 1.26. The molecular formula is C17H29N3O2. The first-order chi connectivity index (χ1) is 10.5. The van der Waals surface area contributed by atoms with Gasteiger partial charge in [0.05, 0.1) is 0 Å². The van der Waals surface area contributed by atoms with Crippen LogP contribution < -0.4 is 10.6 Å². The fourth-order valence-electron chi connectivity index (χ4n) is 4.33. The molecule has 5 nitrogen and oxygen atoms in total. The van der Waals surface area contributed by atoms with E-state index in [0.717, 1.165) is 13.1 Å². The van der Waals surface area contributed by atoms with Gasteiger partial charge in [-0.05, 0) is 36.0 Å². The largest absolute Gasteiger partial charge is 0.354 e. The van der Waals surface area contributed by atoms with Crippen LogP contribution in [0.4, 0.5) is 4.79 Å². The van der Waals surface area contributed by atoms with Gasteiger partial charge in [0.1, 0.15) is 0 Å². The van der Waals surface area contributed by atoms with Crippen molar-refractivity contribution in [1.29, 1.82) is 0 Å². The van der Waals surface area contributed by atoms with Gasteiger partial charge in [0.15, 0.2) is 0 Å². The molecule has 0 unspecified atom stereocenters. The molecule has 3 fully saturated rings. The Kier molecular flexibility index (Phi) is 4.33. The molecule has 0 radical (unpaired) electrons. The second-order valence-corrected chi connectivity index (χ2v) is 7.88. The monoisotopic (exact) mass is 307 g/mol. The molecule has 3 amide bonds. The van der Waals surface area contributed by atoms with Crippen LogP contribution in [0.2, 0.25) is 0 Å². The Bertz CT molecular complexity index is 429. The number of hydrogen-bond donors (Lipinski definition) is 2. The highest BCUT2D eigenvalue weighted by atomic mass is 16.2. The molecule has 1 heterocycles. The molecule has 5 heteroatoms. The smallest absolute Gasteiger partial charge is 0.317 e. The van der Waals surface area contributed by atoms with Gasteiger partial charge in [0.25, 0.3) is 0 Å². The highest BCUT2D eigenvalue weighted by Crippen LogP contribution is 2.61. The number of nitrogens with one attached hydrogen (secondary N) is 2. The SMILES string of the molecule is CC1(C)[C@@H]2CN(C(=O)NCCNC(=O)CC3CCCC3)C[C@@H]21. The summed E-state index contributed by atoms with van der Waals surface area (Å²) in [5, 5.41) is 5.83. The summed E-state index contributed by atoms with van der Waals surface area (Å²) in [6, 6.07) is 0.0213. The third kappa shape index (κ3) is 3.23. The molecule has 1 aliphatic heterocycles. The first kappa shape index (κ1) is 15.6. The highest BCUT2D eigenvalue weighted by Gasteiger charge is 2.62. The first-order valence-corrected chi connectivity index (χ1v) is 8.78. The summed E-state index contributed by atoms with van der Waals surface area (Å²) in [5.74, 6) is 2.08. The van der Waals surface area contributed by atoms with E-state index in [1.165, 1.54) is 25.7 Å². The maximum Gasteiger partial charge on any atom is 0.317 e. The molecule has 0 bridgehead atoms. The number of carbonyl (C=O) groups is 2. The van der Waals surface area contributed by atoms with Crippen LogP contribution in [0.25, 0.3) is 0 Å². The van der Waals surface area contributed by atoms with E-state index in [1.807, 2.05) is 4.90 Å². The van der Waals surface area contributed by atoms with Crippen LogP contribution in [0.1, 0.15) is 46.0 Å². The first-order valence-electron chi connectivity index (χ1n) is 8.78. The molecular weight excluding hydrogens is 278 g/mol. The minimum atomic E-state index is 0.0213. The van der Waals surface area contributed by atoms with Crippen molar-refractivity contribution in [1.82, 2.24) is 15.5 Å². The molecule has 2 N–H and O–H groups in total. The highest BCUT2D eigenvalue weighted by molar-refractivity contribution is 5.77. The normalized spacial score (nSPS) is 29.3. The van der Waals surface area contributed by atoms with Gasteiger partial charge in [-0.25, -0.2) is 4.79 Å². The minimum absolute atomic E-state index is 0.0213. The van der Waals surface area contributed by atoms with Gasteiger partial charge in [-0.15, -0.1) is 0 Å². The second kappa shape index (κ2) is 6.09. The van der Waals surface area contributed by atoms with Crippen molar-refractivity contribution >= 4 is 11.9 Å². The van der Waals surface area contributed by atoms with Crippen LogP contribution in [-0.2, 0) is 4.79 Å². The lowest BCUT2D eigenvalue weighted by Gasteiger charge is -2.22. The van der Waals surface area contributed by atoms with Crippen LogP contribution in [-0.4, -0.2) is 43.0 Å². The summed E-state index contributed by atoms with van der Waals surface area (Å²) >= 11 is 0. The maximum atomic E-state index is 12.0. The van der Waals surface area contributed by atoms with Gasteiger partial charge >= 0.3 is 6.03 Å². The van der Waals surface area contributed by atoms with E-state index in [0.29, 0.717) is 42.7 Å². The van der Waals surface area contributed by atoms with Crippen molar-refractivity contribution < 1.29 is 9.59 Å². The number of piperidine rings is 1. The zero-order valence-electron chi connectivity index (χ0n) is 13.9. The number of nitrogens with zero attached hydrogens (tertiary/aromatic N) is 1. The lowest BCUT2D eigenvalue weighted by molar-refractivity contribution is -0.121. The van der Waals surface area contributed by atoms with E-state index in [-0.39, 0.29) is 11.9 Å². The Morgan fingerprint density at radius 3 is 2.27 bits per heavy atom. The molecule has 124 valence electrons. The van der Waals surface area contributed by atoms with Gasteiger partial charge in [-0.2, -0.15) is 0 Å². The van der Waals surface area contributed by atoms with E-state index in [9.17, 15) is 9.59 Å². The van der Waals surface area contributed by atoms with Crippen molar-refractivity contribution in [3.8, 4) is 0 Å². The van der Waals surface area contributed by atoms with Gasteiger partial charge in [0, 0.05) is 32.6 Å². The van der Waals surface area contributed by atoms with Crippen molar-refractivity contribution in [3.05, 3.63) is 0 Å². The Labute approximate surface area is 133 Å². The zero-order chi connectivity index (χ0) is 15.7. The Morgan fingerprint density at radius 2 is 1.64 bits per heavy atom. The van der Waals surface area contributed by atoms with E-state index < -0.39 is 0 Å². The van der Waals surface area contributed by atoms with Gasteiger partial charge in [0.2, 0.25) is 5.91 Å². The lowest BCUT2D eigenvalue weighted by Crippen LogP contribution is -2.43. The van der Waals surface area contributed by atoms with Crippen LogP contribution in [0.15, 0.2) is 0 Å². The van der Waals surface area contributed by atoms with E-state index in [1.54, 1.807) is 0 Å². The average molecular weight is 307 g/mol. The minimum Gasteiger partial charge on any atom is -0.354 e. The second-order valence-electron chi connectivity index (χ2n) is 7.88. The van der Waals surface area contributed by atoms with Crippen LogP contribution in [0, 0.1) is 23.2 Å². The number of carbonyl (C=O) groups excluding carboxylic acids is 2. The van der Waals surface area contributed by atoms with E-state index >= 15 is 0 Å². The summed E-state index contributed by atoms with van der Waals surface area (Å²) in [5.41, 5.74) is 0.436. The van der Waals surface area contributed by atoms with Gasteiger partial charge in [-0.3, -0.25) is 4.79 Å². The summed E-state index contributed by atoms with van der Waals surface area (Å²) in [6.45, 7) is 7.40. The molecule has 0 aromatic rings. The third-order valence-electron chi connectivity index (χ3n) is 6.08. The lowest BCUT2D eigenvalue weighted by atomic mass is 10.0. The van der Waals surface area contributed by atoms with Crippen molar-refractivity contribution in [2.75, 3.05) is 26.2 Å². The fourth-order valence-corrected chi connectivity index (χ4v) is 4.33. The van der Waals surface area contributed by atoms with Crippen molar-refractivity contribution in [2.45, 2.75) is 46.0 Å².